The number of halogens is 2. The van der Waals surface area contributed by atoms with Crippen LogP contribution in [0.25, 0.3) is 0 Å². The van der Waals surface area contributed by atoms with Gasteiger partial charge in [0.25, 0.3) is 0 Å². The van der Waals surface area contributed by atoms with Crippen LogP contribution in [-0.4, -0.2) is 15.0 Å². The number of benzene rings is 1. The number of rotatable bonds is 13. The second kappa shape index (κ2) is 12.9. The number of hydrogen-bond donors (Lipinski definition) is 1. The van der Waals surface area contributed by atoms with Gasteiger partial charge in [0.15, 0.2) is 0 Å². The van der Waals surface area contributed by atoms with Crippen molar-refractivity contribution in [1.82, 2.24) is 4.72 Å². The fourth-order valence-corrected chi connectivity index (χ4v) is 6.09. The molecule has 1 aromatic rings. The summed E-state index contributed by atoms with van der Waals surface area (Å²) in [5, 5.41) is 0. The molecule has 24 heavy (non-hydrogen) atoms. The van der Waals surface area contributed by atoms with Crippen LogP contribution < -0.4 is 4.72 Å². The molecule has 0 aliphatic carbocycles. The summed E-state index contributed by atoms with van der Waals surface area (Å²) >= 11 is 4.30. The van der Waals surface area contributed by atoms with Gasteiger partial charge in [-0.1, -0.05) is 64.7 Å². The maximum atomic E-state index is 12.3. The highest BCUT2D eigenvalue weighted by Gasteiger charge is 2.14. The van der Waals surface area contributed by atoms with Crippen LogP contribution in [0.3, 0.4) is 0 Å². The second-order valence-electron chi connectivity index (χ2n) is 6.18. The molecule has 3 nitrogen and oxygen atoms in total. The number of hydrogen-bond acceptors (Lipinski definition) is 2. The highest BCUT2D eigenvalue weighted by molar-refractivity contribution is 14.1. The van der Waals surface area contributed by atoms with Crippen molar-refractivity contribution in [3.8, 4) is 0 Å². The first-order valence-corrected chi connectivity index (χ1v) is 12.6. The summed E-state index contributed by atoms with van der Waals surface area (Å²) in [4.78, 5) is 0.367. The van der Waals surface area contributed by atoms with E-state index in [0.29, 0.717) is 11.4 Å². The molecule has 1 aromatic carbocycles. The summed E-state index contributed by atoms with van der Waals surface area (Å²) in [7, 11) is -3.38. The Morgan fingerprint density at radius 1 is 0.792 bits per heavy atom. The van der Waals surface area contributed by atoms with Gasteiger partial charge >= 0.3 is 0 Å². The molecular formula is C18H29I2NO2S. The van der Waals surface area contributed by atoms with Crippen molar-refractivity contribution in [3.63, 3.8) is 0 Å². The van der Waals surface area contributed by atoms with E-state index in [-0.39, 0.29) is 0 Å². The molecule has 0 aliphatic rings. The van der Waals surface area contributed by atoms with E-state index in [0.717, 1.165) is 20.0 Å². The Labute approximate surface area is 175 Å². The molecule has 0 aliphatic heterocycles. The van der Waals surface area contributed by atoms with E-state index in [1.165, 1.54) is 51.4 Å². The smallest absolute Gasteiger partial charge is 0.211 e. The molecule has 1 rings (SSSR count). The molecular weight excluding hydrogens is 548 g/mol. The number of nitrogens with one attached hydrogen (secondary N) is 1. The molecule has 0 atom stereocenters. The third-order valence-corrected chi connectivity index (χ3v) is 6.65. The zero-order valence-corrected chi connectivity index (χ0v) is 19.6. The van der Waals surface area contributed by atoms with Crippen LogP contribution in [0.2, 0.25) is 0 Å². The maximum absolute atomic E-state index is 12.3. The Balaban J connectivity index is 2.14. The third-order valence-electron chi connectivity index (χ3n) is 3.97. The lowest BCUT2D eigenvalue weighted by Gasteiger charge is -2.08. The minimum absolute atomic E-state index is 0.367. The lowest BCUT2D eigenvalue weighted by molar-refractivity contribution is 0.549. The summed E-state index contributed by atoms with van der Waals surface area (Å²) in [6.07, 6.45) is 12.5. The van der Waals surface area contributed by atoms with Gasteiger partial charge < -0.3 is 0 Å². The predicted octanol–water partition coefficient (Wildman–Crippen LogP) is 6.10. The Morgan fingerprint density at radius 2 is 1.25 bits per heavy atom. The molecule has 0 fully saturated rings. The first kappa shape index (κ1) is 22.6. The standard InChI is InChI=1S/C18H29I2NO2S/c1-2-3-4-5-6-7-8-9-10-11-12-21-24(22,23)18-14-16(19)13-17(20)15-18/h13-15,21H,2-12H2,1H3. The van der Waals surface area contributed by atoms with Gasteiger partial charge in [0, 0.05) is 13.7 Å². The van der Waals surface area contributed by atoms with Crippen molar-refractivity contribution < 1.29 is 8.42 Å². The molecule has 0 heterocycles. The first-order valence-electron chi connectivity index (χ1n) is 8.91. The molecule has 0 saturated heterocycles. The fourth-order valence-electron chi connectivity index (χ4n) is 2.59. The van der Waals surface area contributed by atoms with E-state index in [4.69, 9.17) is 0 Å². The zero-order chi connectivity index (χ0) is 17.8. The van der Waals surface area contributed by atoms with E-state index >= 15 is 0 Å². The van der Waals surface area contributed by atoms with Crippen molar-refractivity contribution in [2.75, 3.05) is 6.54 Å². The van der Waals surface area contributed by atoms with Gasteiger partial charge in [-0.05, 0) is 69.8 Å². The Bertz CT molecular complexity index is 556. The summed E-state index contributed by atoms with van der Waals surface area (Å²) in [6, 6.07) is 5.38. The Hall–Kier alpha value is 0.590. The highest BCUT2D eigenvalue weighted by atomic mass is 127. The predicted molar refractivity (Wildman–Crippen MR) is 119 cm³/mol. The van der Waals surface area contributed by atoms with Crippen LogP contribution in [0.15, 0.2) is 23.1 Å². The van der Waals surface area contributed by atoms with E-state index in [9.17, 15) is 8.42 Å². The average molecular weight is 577 g/mol. The molecule has 0 radical (unpaired) electrons. The minimum Gasteiger partial charge on any atom is -0.211 e. The van der Waals surface area contributed by atoms with E-state index < -0.39 is 10.0 Å². The molecule has 0 unspecified atom stereocenters. The zero-order valence-electron chi connectivity index (χ0n) is 14.5. The van der Waals surface area contributed by atoms with Gasteiger partial charge in [-0.3, -0.25) is 0 Å². The van der Waals surface area contributed by atoms with Crippen molar-refractivity contribution in [1.29, 1.82) is 0 Å². The van der Waals surface area contributed by atoms with Gasteiger partial charge in [0.2, 0.25) is 10.0 Å². The maximum Gasteiger partial charge on any atom is 0.240 e. The normalized spacial score (nSPS) is 11.8. The first-order chi connectivity index (χ1) is 11.5. The molecule has 0 aromatic heterocycles. The molecule has 0 spiro atoms. The van der Waals surface area contributed by atoms with Crippen LogP contribution in [-0.2, 0) is 10.0 Å². The minimum atomic E-state index is -3.38. The molecule has 1 N–H and O–H groups in total. The largest absolute Gasteiger partial charge is 0.240 e. The SMILES string of the molecule is CCCCCCCCCCCCNS(=O)(=O)c1cc(I)cc(I)c1. The van der Waals surface area contributed by atoms with Crippen molar-refractivity contribution in [2.24, 2.45) is 0 Å². The molecule has 138 valence electrons. The summed E-state index contributed by atoms with van der Waals surface area (Å²) in [6.45, 7) is 2.77. The monoisotopic (exact) mass is 577 g/mol. The van der Waals surface area contributed by atoms with E-state index in [1.807, 2.05) is 6.07 Å². The van der Waals surface area contributed by atoms with E-state index in [2.05, 4.69) is 56.8 Å². The Kier molecular flexibility index (Phi) is 12.1. The van der Waals surface area contributed by atoms with Crippen molar-refractivity contribution >= 4 is 55.2 Å². The molecule has 6 heteroatoms. The summed E-state index contributed by atoms with van der Waals surface area (Å²) in [5.74, 6) is 0. The lowest BCUT2D eigenvalue weighted by atomic mass is 10.1. The molecule has 0 saturated carbocycles. The van der Waals surface area contributed by atoms with Crippen LogP contribution in [0, 0.1) is 7.14 Å². The number of sulfonamides is 1. The van der Waals surface area contributed by atoms with Gasteiger partial charge in [0.1, 0.15) is 0 Å². The van der Waals surface area contributed by atoms with Crippen LogP contribution >= 0.6 is 45.2 Å². The topological polar surface area (TPSA) is 46.2 Å². The highest BCUT2D eigenvalue weighted by Crippen LogP contribution is 2.18. The average Bonchev–Trinajstić information content (AvgIpc) is 2.51. The van der Waals surface area contributed by atoms with Crippen molar-refractivity contribution in [3.05, 3.63) is 25.3 Å². The number of unbranched alkanes of at least 4 members (excludes halogenated alkanes) is 9. The van der Waals surface area contributed by atoms with Crippen molar-refractivity contribution in [2.45, 2.75) is 76.0 Å². The second-order valence-corrected chi connectivity index (χ2v) is 10.4. The fraction of sp³-hybridized carbons (Fsp3) is 0.667. The van der Waals surface area contributed by atoms with Gasteiger partial charge in [0.05, 0.1) is 4.90 Å². The van der Waals surface area contributed by atoms with Crippen LogP contribution in [0.5, 0.6) is 0 Å². The lowest BCUT2D eigenvalue weighted by Crippen LogP contribution is -2.25. The molecule has 0 amide bonds. The van der Waals surface area contributed by atoms with Gasteiger partial charge in [-0.25, -0.2) is 13.1 Å². The van der Waals surface area contributed by atoms with Crippen LogP contribution in [0.1, 0.15) is 71.1 Å². The van der Waals surface area contributed by atoms with Gasteiger partial charge in [-0.15, -0.1) is 0 Å². The quantitative estimate of drug-likeness (QED) is 0.228. The summed E-state index contributed by atoms with van der Waals surface area (Å²) in [5.41, 5.74) is 0. The van der Waals surface area contributed by atoms with E-state index in [1.54, 1.807) is 12.1 Å². The Morgan fingerprint density at radius 3 is 1.75 bits per heavy atom. The molecule has 0 bridgehead atoms. The summed E-state index contributed by atoms with van der Waals surface area (Å²) < 4.78 is 29.2. The van der Waals surface area contributed by atoms with Gasteiger partial charge in [-0.2, -0.15) is 0 Å². The third kappa shape index (κ3) is 9.91. The van der Waals surface area contributed by atoms with Crippen LogP contribution in [0.4, 0.5) is 0 Å².